The molecule has 0 amide bonds. The van der Waals surface area contributed by atoms with Crippen LogP contribution in [0.5, 0.6) is 17.2 Å². The zero-order valence-corrected chi connectivity index (χ0v) is 24.9. The lowest BCUT2D eigenvalue weighted by Gasteiger charge is -2.36. The van der Waals surface area contributed by atoms with E-state index in [1.54, 1.807) is 36.7 Å². The van der Waals surface area contributed by atoms with E-state index in [9.17, 15) is 8.42 Å². The minimum atomic E-state index is -3.74. The Morgan fingerprint density at radius 1 is 1.02 bits per heavy atom. The van der Waals surface area contributed by atoms with Crippen LogP contribution in [0, 0.1) is 6.92 Å². The number of halogens is 1. The van der Waals surface area contributed by atoms with Gasteiger partial charge in [-0.3, -0.25) is 9.21 Å². The third kappa shape index (κ3) is 5.01. The first-order valence-corrected chi connectivity index (χ1v) is 15.2. The quantitative estimate of drug-likeness (QED) is 0.331. The summed E-state index contributed by atoms with van der Waals surface area (Å²) in [6.45, 7) is 4.78. The van der Waals surface area contributed by atoms with Crippen LogP contribution in [0.25, 0.3) is 0 Å². The van der Waals surface area contributed by atoms with Crippen LogP contribution >= 0.6 is 12.4 Å². The first-order chi connectivity index (χ1) is 18.9. The van der Waals surface area contributed by atoms with Crippen molar-refractivity contribution >= 4 is 28.1 Å². The van der Waals surface area contributed by atoms with Gasteiger partial charge in [-0.2, -0.15) is 0 Å². The van der Waals surface area contributed by atoms with Gasteiger partial charge in [0, 0.05) is 37.7 Å². The van der Waals surface area contributed by atoms with Crippen molar-refractivity contribution in [1.82, 2.24) is 4.90 Å². The average Bonchev–Trinajstić information content (AvgIpc) is 3.60. The molecule has 2 heterocycles. The summed E-state index contributed by atoms with van der Waals surface area (Å²) in [5.74, 6) is 2.46. The molecule has 1 atom stereocenters. The van der Waals surface area contributed by atoms with Gasteiger partial charge in [-0.05, 0) is 91.3 Å². The lowest BCUT2D eigenvalue weighted by molar-refractivity contribution is 0.184. The second-order valence-corrected chi connectivity index (χ2v) is 12.5. The molecule has 3 aromatic carbocycles. The summed E-state index contributed by atoms with van der Waals surface area (Å²) in [7, 11) is -0.332. The molecule has 3 aromatic rings. The van der Waals surface area contributed by atoms with Crippen LogP contribution in [0.15, 0.2) is 53.4 Å². The number of benzene rings is 3. The van der Waals surface area contributed by atoms with Gasteiger partial charge in [0.25, 0.3) is 10.0 Å². The highest BCUT2D eigenvalue weighted by Gasteiger charge is 2.37. The van der Waals surface area contributed by atoms with Crippen molar-refractivity contribution in [1.29, 1.82) is 0 Å². The van der Waals surface area contributed by atoms with E-state index in [4.69, 9.17) is 14.2 Å². The van der Waals surface area contributed by atoms with Gasteiger partial charge in [0.2, 0.25) is 0 Å². The molecule has 0 spiro atoms. The molecule has 0 saturated carbocycles. The zero-order chi connectivity index (χ0) is 27.1. The van der Waals surface area contributed by atoms with Gasteiger partial charge in [-0.25, -0.2) is 8.42 Å². The molecule has 7 nitrogen and oxygen atoms in total. The van der Waals surface area contributed by atoms with Crippen molar-refractivity contribution in [3.63, 3.8) is 0 Å². The molecule has 3 aliphatic rings. The standard InChI is InChI=1S/C31H36N2O5S.ClH/c1-21-6-4-7-24(18-21)33(39(34,35)25-8-11-28-22(19-25)13-17-38-28)15-5-14-32-16-12-23-20-29(36-2)31(37-3)26-9-10-27(32)30(23)26;/h4,6-8,11,18-20,27H,5,9-10,12-17H2,1-3H3;1H. The molecule has 2 aliphatic heterocycles. The zero-order valence-electron chi connectivity index (χ0n) is 23.3. The minimum Gasteiger partial charge on any atom is -0.493 e. The van der Waals surface area contributed by atoms with E-state index >= 15 is 0 Å². The molecule has 0 N–H and O–H groups in total. The molecule has 1 unspecified atom stereocenters. The van der Waals surface area contributed by atoms with E-state index in [2.05, 4.69) is 11.0 Å². The Labute approximate surface area is 243 Å². The Hall–Kier alpha value is -2.94. The van der Waals surface area contributed by atoms with Crippen molar-refractivity contribution in [2.24, 2.45) is 0 Å². The molecule has 6 rings (SSSR count). The fraction of sp³-hybridized carbons (Fsp3) is 0.419. The predicted molar refractivity (Wildman–Crippen MR) is 159 cm³/mol. The lowest BCUT2D eigenvalue weighted by Crippen LogP contribution is -2.38. The number of hydrogen-bond acceptors (Lipinski definition) is 6. The highest BCUT2D eigenvalue weighted by Crippen LogP contribution is 2.48. The highest BCUT2D eigenvalue weighted by atomic mass is 35.5. The second kappa shape index (κ2) is 11.5. The van der Waals surface area contributed by atoms with Crippen molar-refractivity contribution in [2.45, 2.75) is 50.0 Å². The van der Waals surface area contributed by atoms with E-state index < -0.39 is 10.0 Å². The molecule has 0 aromatic heterocycles. The van der Waals surface area contributed by atoms with Crippen molar-refractivity contribution in [2.75, 3.05) is 44.8 Å². The molecule has 0 fully saturated rings. The monoisotopic (exact) mass is 584 g/mol. The van der Waals surface area contributed by atoms with Gasteiger partial charge < -0.3 is 14.2 Å². The molecule has 0 saturated heterocycles. The van der Waals surface area contributed by atoms with Crippen LogP contribution in [-0.4, -0.2) is 53.8 Å². The minimum absolute atomic E-state index is 0. The third-order valence-electron chi connectivity index (χ3n) is 8.35. The number of ether oxygens (including phenoxy) is 3. The maximum Gasteiger partial charge on any atom is 0.264 e. The van der Waals surface area contributed by atoms with Gasteiger partial charge in [0.1, 0.15) is 5.75 Å². The predicted octanol–water partition coefficient (Wildman–Crippen LogP) is 5.50. The van der Waals surface area contributed by atoms with E-state index in [0.29, 0.717) is 29.8 Å². The SMILES string of the molecule is COc1cc2c3c(c1OC)CCC3N(CCCN(c1cccc(C)c1)S(=O)(=O)c1ccc3c(c1)CCO3)CC2.Cl. The van der Waals surface area contributed by atoms with Crippen molar-refractivity contribution in [3.8, 4) is 17.2 Å². The number of anilines is 1. The van der Waals surface area contributed by atoms with Crippen LogP contribution in [0.2, 0.25) is 0 Å². The van der Waals surface area contributed by atoms with Gasteiger partial charge in [0.15, 0.2) is 11.5 Å². The van der Waals surface area contributed by atoms with E-state index in [1.807, 2.05) is 31.2 Å². The smallest absolute Gasteiger partial charge is 0.264 e. The molecule has 40 heavy (non-hydrogen) atoms. The fourth-order valence-electron chi connectivity index (χ4n) is 6.53. The summed E-state index contributed by atoms with van der Waals surface area (Å²) >= 11 is 0. The van der Waals surface area contributed by atoms with Crippen molar-refractivity contribution < 1.29 is 22.6 Å². The second-order valence-electron chi connectivity index (χ2n) is 10.6. The number of hydrogen-bond donors (Lipinski definition) is 0. The summed E-state index contributed by atoms with van der Waals surface area (Å²) in [6, 6.07) is 15.5. The van der Waals surface area contributed by atoms with E-state index in [1.165, 1.54) is 16.7 Å². The Morgan fingerprint density at radius 3 is 2.65 bits per heavy atom. The Kier molecular flexibility index (Phi) is 8.22. The number of rotatable bonds is 9. The Morgan fingerprint density at radius 2 is 1.88 bits per heavy atom. The van der Waals surface area contributed by atoms with Crippen LogP contribution < -0.4 is 18.5 Å². The van der Waals surface area contributed by atoms with Gasteiger partial charge in [-0.1, -0.05) is 12.1 Å². The molecular weight excluding hydrogens is 548 g/mol. The summed E-state index contributed by atoms with van der Waals surface area (Å²) in [4.78, 5) is 2.85. The van der Waals surface area contributed by atoms with Gasteiger partial charge in [-0.15, -0.1) is 12.4 Å². The van der Waals surface area contributed by atoms with E-state index in [0.717, 1.165) is 73.6 Å². The summed E-state index contributed by atoms with van der Waals surface area (Å²) < 4.78 is 46.5. The summed E-state index contributed by atoms with van der Waals surface area (Å²) in [5.41, 5.74) is 6.71. The lowest BCUT2D eigenvalue weighted by atomic mass is 9.92. The number of nitrogens with zero attached hydrogens (tertiary/aromatic N) is 2. The molecule has 0 radical (unpaired) electrons. The molecule has 9 heteroatoms. The largest absolute Gasteiger partial charge is 0.493 e. The van der Waals surface area contributed by atoms with Crippen LogP contribution in [0.4, 0.5) is 5.69 Å². The number of aryl methyl sites for hydroxylation is 1. The highest BCUT2D eigenvalue weighted by molar-refractivity contribution is 7.92. The molecule has 0 bridgehead atoms. The Balaban J connectivity index is 0.00000323. The van der Waals surface area contributed by atoms with Crippen LogP contribution in [0.1, 0.15) is 46.7 Å². The third-order valence-corrected chi connectivity index (χ3v) is 10.2. The van der Waals surface area contributed by atoms with Crippen molar-refractivity contribution in [3.05, 3.63) is 76.3 Å². The maximum absolute atomic E-state index is 14.0. The summed E-state index contributed by atoms with van der Waals surface area (Å²) in [5, 5.41) is 0. The molecular formula is C31H37ClN2O5S. The summed E-state index contributed by atoms with van der Waals surface area (Å²) in [6.07, 6.45) is 4.43. The van der Waals surface area contributed by atoms with E-state index in [-0.39, 0.29) is 12.4 Å². The van der Waals surface area contributed by atoms with Gasteiger partial charge in [0.05, 0.1) is 31.4 Å². The first-order valence-electron chi connectivity index (χ1n) is 13.8. The maximum atomic E-state index is 14.0. The van der Waals surface area contributed by atoms with Gasteiger partial charge >= 0.3 is 0 Å². The normalized spacial score (nSPS) is 17.4. The number of fused-ring (bicyclic) bond motifs is 1. The topological polar surface area (TPSA) is 68.3 Å². The van der Waals surface area contributed by atoms with Crippen LogP contribution in [-0.2, 0) is 29.3 Å². The first kappa shape index (κ1) is 28.6. The average molecular weight is 585 g/mol. The van der Waals surface area contributed by atoms with Crippen LogP contribution in [0.3, 0.4) is 0 Å². The number of sulfonamides is 1. The molecule has 214 valence electrons. The Bertz CT molecular complexity index is 1510. The number of methoxy groups -OCH3 is 2. The molecule has 1 aliphatic carbocycles. The fourth-order valence-corrected chi connectivity index (χ4v) is 8.08.